The number of carbonyl (C=O) groups is 1. The quantitative estimate of drug-likeness (QED) is 0.751. The highest BCUT2D eigenvalue weighted by molar-refractivity contribution is 7.98. The molecule has 0 aliphatic carbocycles. The number of thioether (sulfide) groups is 1. The molecule has 0 saturated carbocycles. The van der Waals surface area contributed by atoms with Gasteiger partial charge in [0.1, 0.15) is 0 Å². The van der Waals surface area contributed by atoms with Crippen LogP contribution in [0.4, 0.5) is 0 Å². The molecule has 0 aliphatic heterocycles. The first-order chi connectivity index (χ1) is 9.35. The lowest BCUT2D eigenvalue weighted by Crippen LogP contribution is -2.50. The van der Waals surface area contributed by atoms with E-state index in [2.05, 4.69) is 5.32 Å². The summed E-state index contributed by atoms with van der Waals surface area (Å²) in [4.78, 5) is 12.4. The Kier molecular flexibility index (Phi) is 5.71. The van der Waals surface area contributed by atoms with Crippen molar-refractivity contribution >= 4 is 17.7 Å². The Balaban J connectivity index is 3.02. The molecule has 0 saturated heterocycles. The molecule has 0 radical (unpaired) electrons. The Morgan fingerprint density at radius 1 is 1.30 bits per heavy atom. The van der Waals surface area contributed by atoms with E-state index in [0.29, 0.717) is 18.0 Å². The Hall–Kier alpha value is -1.40. The number of hydrogen-bond donors (Lipinski definition) is 2. The second kappa shape index (κ2) is 6.85. The molecule has 5 nitrogen and oxygen atoms in total. The van der Waals surface area contributed by atoms with Crippen LogP contribution in [0, 0.1) is 0 Å². The molecule has 6 heteroatoms. The summed E-state index contributed by atoms with van der Waals surface area (Å²) < 4.78 is 10.6. The smallest absolute Gasteiger partial charge is 0.237 e. The minimum Gasteiger partial charge on any atom is -0.493 e. The second-order valence-corrected chi connectivity index (χ2v) is 5.71. The average Bonchev–Trinajstić information content (AvgIpc) is 2.43. The summed E-state index contributed by atoms with van der Waals surface area (Å²) in [5.41, 5.74) is 5.63. The number of primary amides is 1. The highest BCUT2D eigenvalue weighted by Gasteiger charge is 2.24. The molecule has 1 aromatic rings. The Bertz CT molecular complexity index is 490. The molecule has 0 bridgehead atoms. The Morgan fingerprint density at radius 3 is 2.30 bits per heavy atom. The van der Waals surface area contributed by atoms with E-state index in [0.717, 1.165) is 10.5 Å². The monoisotopic (exact) mass is 298 g/mol. The van der Waals surface area contributed by atoms with Gasteiger partial charge < -0.3 is 15.2 Å². The third-order valence-corrected chi connectivity index (χ3v) is 3.94. The zero-order valence-corrected chi connectivity index (χ0v) is 13.4. The first-order valence-corrected chi connectivity index (χ1v) is 7.42. The molecule has 1 rings (SSSR count). The molecule has 0 aromatic heterocycles. The maximum absolute atomic E-state index is 11.3. The highest BCUT2D eigenvalue weighted by Crippen LogP contribution is 2.34. The van der Waals surface area contributed by atoms with E-state index in [1.807, 2.05) is 18.4 Å². The Morgan fingerprint density at radius 2 is 1.85 bits per heavy atom. The SMILES string of the molecule is COc1cc(CNC(C)(C)C(N)=O)c(SC)cc1OC. The number of methoxy groups -OCH3 is 2. The fourth-order valence-electron chi connectivity index (χ4n) is 1.63. The predicted molar refractivity (Wildman–Crippen MR) is 81.4 cm³/mol. The van der Waals surface area contributed by atoms with Gasteiger partial charge in [-0.2, -0.15) is 0 Å². The van der Waals surface area contributed by atoms with Gasteiger partial charge in [-0.1, -0.05) is 0 Å². The van der Waals surface area contributed by atoms with Crippen LogP contribution in [-0.2, 0) is 11.3 Å². The summed E-state index contributed by atoms with van der Waals surface area (Å²) >= 11 is 1.61. The number of amides is 1. The van der Waals surface area contributed by atoms with Gasteiger partial charge in [0.05, 0.1) is 19.8 Å². The van der Waals surface area contributed by atoms with Gasteiger partial charge in [-0.05, 0) is 37.8 Å². The second-order valence-electron chi connectivity index (χ2n) is 4.86. The first-order valence-electron chi connectivity index (χ1n) is 6.19. The van der Waals surface area contributed by atoms with Crippen LogP contribution in [-0.4, -0.2) is 31.9 Å². The number of rotatable bonds is 7. The number of benzene rings is 1. The predicted octanol–water partition coefficient (Wildman–Crippen LogP) is 1.78. The summed E-state index contributed by atoms with van der Waals surface area (Å²) in [5, 5.41) is 3.15. The van der Waals surface area contributed by atoms with E-state index in [1.165, 1.54) is 0 Å². The van der Waals surface area contributed by atoms with Crippen LogP contribution < -0.4 is 20.5 Å². The van der Waals surface area contributed by atoms with Gasteiger partial charge in [-0.3, -0.25) is 10.1 Å². The first kappa shape index (κ1) is 16.7. The number of hydrogen-bond acceptors (Lipinski definition) is 5. The fourth-order valence-corrected chi connectivity index (χ4v) is 2.25. The molecule has 112 valence electrons. The zero-order chi connectivity index (χ0) is 15.3. The van der Waals surface area contributed by atoms with Crippen molar-refractivity contribution in [1.29, 1.82) is 0 Å². The van der Waals surface area contributed by atoms with Crippen LogP contribution in [0.1, 0.15) is 19.4 Å². The third-order valence-electron chi connectivity index (χ3n) is 3.12. The molecule has 0 heterocycles. The van der Waals surface area contributed by atoms with E-state index >= 15 is 0 Å². The lowest BCUT2D eigenvalue weighted by Gasteiger charge is -2.23. The van der Waals surface area contributed by atoms with Crippen LogP contribution in [0.5, 0.6) is 11.5 Å². The lowest BCUT2D eigenvalue weighted by atomic mass is 10.0. The van der Waals surface area contributed by atoms with Crippen molar-refractivity contribution < 1.29 is 14.3 Å². The lowest BCUT2D eigenvalue weighted by molar-refractivity contribution is -0.123. The molecular weight excluding hydrogens is 276 g/mol. The molecule has 3 N–H and O–H groups in total. The molecule has 1 aromatic carbocycles. The largest absolute Gasteiger partial charge is 0.493 e. The van der Waals surface area contributed by atoms with Gasteiger partial charge in [0, 0.05) is 11.4 Å². The third kappa shape index (κ3) is 3.80. The van der Waals surface area contributed by atoms with Crippen molar-refractivity contribution in [2.24, 2.45) is 5.73 Å². The van der Waals surface area contributed by atoms with Crippen LogP contribution in [0.2, 0.25) is 0 Å². The van der Waals surface area contributed by atoms with Crippen LogP contribution in [0.3, 0.4) is 0 Å². The topological polar surface area (TPSA) is 73.6 Å². The van der Waals surface area contributed by atoms with Crippen molar-refractivity contribution in [3.63, 3.8) is 0 Å². The molecule has 0 unspecified atom stereocenters. The molecule has 0 spiro atoms. The van der Waals surface area contributed by atoms with Gasteiger partial charge in [-0.15, -0.1) is 11.8 Å². The average molecular weight is 298 g/mol. The van der Waals surface area contributed by atoms with Gasteiger partial charge in [0.25, 0.3) is 0 Å². The fraction of sp³-hybridized carbons (Fsp3) is 0.500. The summed E-state index contributed by atoms with van der Waals surface area (Å²) in [6, 6.07) is 3.84. The number of carbonyl (C=O) groups excluding carboxylic acids is 1. The summed E-state index contributed by atoms with van der Waals surface area (Å²) in [6.45, 7) is 4.04. The van der Waals surface area contributed by atoms with Crippen LogP contribution >= 0.6 is 11.8 Å². The van der Waals surface area contributed by atoms with E-state index in [1.54, 1.807) is 39.8 Å². The number of nitrogens with one attached hydrogen (secondary N) is 1. The van der Waals surface area contributed by atoms with Crippen LogP contribution in [0.25, 0.3) is 0 Å². The van der Waals surface area contributed by atoms with Crippen molar-refractivity contribution in [2.75, 3.05) is 20.5 Å². The molecule has 0 aliphatic rings. The minimum atomic E-state index is -0.761. The van der Waals surface area contributed by atoms with E-state index in [4.69, 9.17) is 15.2 Å². The van der Waals surface area contributed by atoms with E-state index in [9.17, 15) is 4.79 Å². The molecule has 0 fully saturated rings. The van der Waals surface area contributed by atoms with E-state index < -0.39 is 5.54 Å². The minimum absolute atomic E-state index is 0.385. The molecule has 1 amide bonds. The van der Waals surface area contributed by atoms with Crippen molar-refractivity contribution in [2.45, 2.75) is 30.8 Å². The maximum Gasteiger partial charge on any atom is 0.237 e. The standard InChI is InChI=1S/C14H22N2O3S/c1-14(2,13(15)17)16-8-9-6-10(18-3)11(19-4)7-12(9)20-5/h6-7,16H,8H2,1-5H3,(H2,15,17). The van der Waals surface area contributed by atoms with Gasteiger partial charge in [0.15, 0.2) is 11.5 Å². The molecular formula is C14H22N2O3S. The summed E-state index contributed by atoms with van der Waals surface area (Å²) in [6.07, 6.45) is 1.99. The summed E-state index contributed by atoms with van der Waals surface area (Å²) in [5.74, 6) is 0.970. The van der Waals surface area contributed by atoms with Crippen molar-refractivity contribution in [1.82, 2.24) is 5.32 Å². The zero-order valence-electron chi connectivity index (χ0n) is 12.6. The van der Waals surface area contributed by atoms with Crippen molar-refractivity contribution in [3.05, 3.63) is 17.7 Å². The van der Waals surface area contributed by atoms with Crippen molar-refractivity contribution in [3.8, 4) is 11.5 Å². The van der Waals surface area contributed by atoms with Gasteiger partial charge in [0.2, 0.25) is 5.91 Å². The normalized spacial score (nSPS) is 11.2. The van der Waals surface area contributed by atoms with Crippen LogP contribution in [0.15, 0.2) is 17.0 Å². The van der Waals surface area contributed by atoms with Gasteiger partial charge >= 0.3 is 0 Å². The Labute approximate surface area is 124 Å². The van der Waals surface area contributed by atoms with E-state index in [-0.39, 0.29) is 5.91 Å². The number of ether oxygens (including phenoxy) is 2. The summed E-state index contributed by atoms with van der Waals surface area (Å²) in [7, 11) is 3.21. The molecule has 20 heavy (non-hydrogen) atoms. The highest BCUT2D eigenvalue weighted by atomic mass is 32.2. The maximum atomic E-state index is 11.3. The molecule has 0 atom stereocenters. The van der Waals surface area contributed by atoms with Gasteiger partial charge in [-0.25, -0.2) is 0 Å². The number of nitrogens with two attached hydrogens (primary N) is 1.